The highest BCUT2D eigenvalue weighted by Crippen LogP contribution is 2.67. The second-order valence-corrected chi connectivity index (χ2v) is 14.3. The number of Topliss-reactive ketones (excluding diaryl/α,β-unsaturated/α-hetero) is 1. The lowest BCUT2D eigenvalue weighted by atomic mass is 9.45. The summed E-state index contributed by atoms with van der Waals surface area (Å²) in [5.41, 5.74) is -2.29. The number of benzene rings is 1. The van der Waals surface area contributed by atoms with Crippen LogP contribution in [0.5, 0.6) is 0 Å². The molecule has 4 aliphatic rings. The Bertz CT molecular complexity index is 1510. The Morgan fingerprint density at radius 1 is 1.12 bits per heavy atom. The van der Waals surface area contributed by atoms with E-state index in [1.165, 1.54) is 18.2 Å². The Morgan fingerprint density at radius 2 is 1.85 bits per heavy atom. The molecular weight excluding hydrogens is 628 g/mol. The number of hydrogen-bond donors (Lipinski definition) is 7. The Labute approximate surface area is 277 Å². The van der Waals surface area contributed by atoms with Gasteiger partial charge in [0.2, 0.25) is 11.7 Å². The van der Waals surface area contributed by atoms with Gasteiger partial charge in [-0.3, -0.25) is 19.2 Å². The molecule has 0 saturated heterocycles. The van der Waals surface area contributed by atoms with Gasteiger partial charge in [0.05, 0.1) is 12.5 Å². The van der Waals surface area contributed by atoms with Gasteiger partial charge >= 0.3 is 11.9 Å². The maximum Gasteiger partial charge on any atom is 0.329 e. The number of ether oxygens (including phenoxy) is 1. The monoisotopic (exact) mass is 672 g/mol. The number of rotatable bonds is 11. The molecule has 14 heteroatoms. The van der Waals surface area contributed by atoms with Crippen LogP contribution in [0.3, 0.4) is 0 Å². The molecule has 0 bridgehead atoms. The summed E-state index contributed by atoms with van der Waals surface area (Å²) in [6, 6.07) is 3.12. The third kappa shape index (κ3) is 6.32. The van der Waals surface area contributed by atoms with Gasteiger partial charge in [0.15, 0.2) is 24.1 Å². The largest absolute Gasteiger partial charge is 0.595 e. The smallest absolute Gasteiger partial charge is 0.329 e. The third-order valence-corrected chi connectivity index (χ3v) is 11.8. The topological polar surface area (TPSA) is 235 Å². The van der Waals surface area contributed by atoms with E-state index in [1.807, 2.05) is 6.92 Å². The van der Waals surface area contributed by atoms with Crippen LogP contribution >= 0.6 is 0 Å². The van der Waals surface area contributed by atoms with Crippen LogP contribution in [0.1, 0.15) is 83.3 Å². The Balaban J connectivity index is 1.16. The number of fused-ring (bicyclic) bond motifs is 5. The van der Waals surface area contributed by atoms with Crippen molar-refractivity contribution in [1.29, 1.82) is 0 Å². The molecule has 0 aliphatic heterocycles. The van der Waals surface area contributed by atoms with Gasteiger partial charge in [0.25, 0.3) is 0 Å². The van der Waals surface area contributed by atoms with Gasteiger partial charge in [-0.25, -0.2) is 10.0 Å². The maximum atomic E-state index is 13.5. The Morgan fingerprint density at radius 3 is 2.54 bits per heavy atom. The molecule has 4 aliphatic carbocycles. The molecule has 0 aromatic heterocycles. The number of amides is 1. The average molecular weight is 673 g/mol. The van der Waals surface area contributed by atoms with Crippen LogP contribution < -0.4 is 10.5 Å². The molecule has 0 heterocycles. The predicted octanol–water partition coefficient (Wildman–Crippen LogP) is 0.819. The van der Waals surface area contributed by atoms with Crippen molar-refractivity contribution in [1.82, 2.24) is 5.32 Å². The molecule has 48 heavy (non-hydrogen) atoms. The minimum absolute atomic E-state index is 0.0475. The number of aliphatic hydroxyl groups is 3. The van der Waals surface area contributed by atoms with E-state index in [9.17, 15) is 49.6 Å². The Hall–Kier alpha value is -3.53. The second kappa shape index (κ2) is 13.4. The summed E-state index contributed by atoms with van der Waals surface area (Å²) >= 11 is 0. The zero-order chi connectivity index (χ0) is 35.2. The van der Waals surface area contributed by atoms with Crippen molar-refractivity contribution >= 4 is 35.1 Å². The number of quaternary nitrogens is 1. The molecule has 3 fully saturated rings. The number of aliphatic carboxylic acids is 1. The number of allylic oxidation sites excluding steroid dienone is 1. The third-order valence-electron chi connectivity index (χ3n) is 11.8. The van der Waals surface area contributed by atoms with Gasteiger partial charge in [-0.1, -0.05) is 31.6 Å². The molecule has 5 rings (SSSR count). The van der Waals surface area contributed by atoms with Crippen molar-refractivity contribution < 1.29 is 59.6 Å². The number of carboxylic acids is 1. The zero-order valence-corrected chi connectivity index (χ0v) is 27.0. The number of esters is 1. The summed E-state index contributed by atoms with van der Waals surface area (Å²) < 4.78 is 5.14. The molecule has 1 unspecified atom stereocenters. The van der Waals surface area contributed by atoms with Gasteiger partial charge in [0, 0.05) is 30.4 Å². The maximum absolute atomic E-state index is 13.5. The summed E-state index contributed by atoms with van der Waals surface area (Å²) in [7, 11) is 0. The van der Waals surface area contributed by atoms with Gasteiger partial charge < -0.3 is 35.7 Å². The van der Waals surface area contributed by atoms with Crippen molar-refractivity contribution in [2.75, 3.05) is 6.61 Å². The van der Waals surface area contributed by atoms with Gasteiger partial charge in [-0.15, -0.1) is 0 Å². The van der Waals surface area contributed by atoms with Crippen molar-refractivity contribution in [3.63, 3.8) is 0 Å². The van der Waals surface area contributed by atoms with E-state index in [0.717, 1.165) is 24.5 Å². The van der Waals surface area contributed by atoms with Gasteiger partial charge in [0.1, 0.15) is 11.7 Å². The number of carboxylic acid groups (broad SMARTS) is 1. The van der Waals surface area contributed by atoms with Crippen LogP contribution in [0.15, 0.2) is 35.9 Å². The number of hydrogen-bond acceptors (Lipinski definition) is 11. The van der Waals surface area contributed by atoms with Gasteiger partial charge in [-0.2, -0.15) is 5.23 Å². The fourth-order valence-corrected chi connectivity index (χ4v) is 9.27. The lowest BCUT2D eigenvalue weighted by Crippen LogP contribution is -2.99. The first-order valence-corrected chi connectivity index (χ1v) is 16.4. The van der Waals surface area contributed by atoms with Crippen LogP contribution in [0.4, 0.5) is 5.69 Å². The SMILES string of the molecule is C[C@]12CCC(=O)C=C1CC[C@H]1[C@@H]2[C@@H](O)C[C@]2(C)[C@H]1CC[C@]2(O)C(=O)COC(=O)CCC(=O)N[C@@H](C(=O)O)[C@@H](O)c1cccc([NH+]([O-])O)c1. The van der Waals surface area contributed by atoms with Crippen molar-refractivity contribution in [3.8, 4) is 0 Å². The van der Waals surface area contributed by atoms with E-state index in [2.05, 4.69) is 12.2 Å². The quantitative estimate of drug-likeness (QED) is 0.128. The summed E-state index contributed by atoms with van der Waals surface area (Å²) in [5, 5.41) is 64.7. The van der Waals surface area contributed by atoms with E-state index >= 15 is 0 Å². The van der Waals surface area contributed by atoms with Crippen LogP contribution in [-0.4, -0.2) is 79.4 Å². The fourth-order valence-electron chi connectivity index (χ4n) is 9.27. The highest BCUT2D eigenvalue weighted by molar-refractivity contribution is 5.92. The summed E-state index contributed by atoms with van der Waals surface area (Å²) in [4.78, 5) is 62.4. The van der Waals surface area contributed by atoms with E-state index in [0.29, 0.717) is 19.3 Å². The lowest BCUT2D eigenvalue weighted by molar-refractivity contribution is -0.991. The molecule has 10 atom stereocenters. The second-order valence-electron chi connectivity index (χ2n) is 14.3. The molecule has 0 spiro atoms. The minimum atomic E-state index is -1.84. The van der Waals surface area contributed by atoms with E-state index in [1.54, 1.807) is 6.08 Å². The molecule has 0 radical (unpaired) electrons. The number of ketones is 2. The van der Waals surface area contributed by atoms with E-state index in [4.69, 9.17) is 9.94 Å². The number of carbonyl (C=O) groups is 5. The first-order chi connectivity index (χ1) is 22.5. The normalized spacial score (nSPS) is 34.4. The average Bonchev–Trinajstić information content (AvgIpc) is 3.31. The van der Waals surface area contributed by atoms with Crippen LogP contribution in [0, 0.1) is 33.8 Å². The molecule has 1 amide bonds. The molecular formula is C34H44N2O12. The van der Waals surface area contributed by atoms with Crippen molar-refractivity contribution in [2.24, 2.45) is 28.6 Å². The number of aliphatic hydroxyl groups excluding tert-OH is 2. The predicted molar refractivity (Wildman–Crippen MR) is 165 cm³/mol. The highest BCUT2D eigenvalue weighted by atomic mass is 16.8. The first kappa shape index (κ1) is 35.8. The van der Waals surface area contributed by atoms with Crippen LogP contribution in [0.2, 0.25) is 0 Å². The fraction of sp³-hybridized carbons (Fsp3) is 0.618. The lowest BCUT2D eigenvalue weighted by Gasteiger charge is -2.60. The molecule has 14 nitrogen and oxygen atoms in total. The van der Waals surface area contributed by atoms with Crippen LogP contribution in [0.25, 0.3) is 0 Å². The van der Waals surface area contributed by atoms with Crippen LogP contribution in [-0.2, 0) is 28.7 Å². The van der Waals surface area contributed by atoms with Gasteiger partial charge in [-0.05, 0) is 73.3 Å². The van der Waals surface area contributed by atoms with E-state index in [-0.39, 0.29) is 53.0 Å². The molecule has 1 aromatic carbocycles. The van der Waals surface area contributed by atoms with Crippen molar-refractivity contribution in [2.45, 2.75) is 95.5 Å². The highest BCUT2D eigenvalue weighted by Gasteiger charge is 2.68. The first-order valence-electron chi connectivity index (χ1n) is 16.4. The molecule has 262 valence electrons. The van der Waals surface area contributed by atoms with Crippen molar-refractivity contribution in [3.05, 3.63) is 46.7 Å². The number of nitrogens with one attached hydrogen (secondary N) is 2. The van der Waals surface area contributed by atoms with E-state index < -0.39 is 77.6 Å². The summed E-state index contributed by atoms with van der Waals surface area (Å²) in [6.07, 6.45) is 1.55. The minimum Gasteiger partial charge on any atom is -0.595 e. The molecule has 1 aromatic rings. The standard InChI is InChI=1S/C34H44N2O12/c1-32-12-10-21(37)15-19(32)6-7-22-23-11-13-34(45,33(23,2)16-24(38)28(22)32)25(39)17-48-27(41)9-8-26(40)35-29(31(43)44)30(42)18-4-3-5-20(14-18)36(46)47/h3-5,14-15,22-24,28-30,36,38,42,45-46H,6-13,16-17H2,1-2H3,(H,35,40)(H,43,44)/t22-,23+,24+,28-,29-,30+,32+,33-,34+/m1/s1. The number of carbonyl (C=O) groups excluding carboxylic acids is 4. The molecule has 3 saturated carbocycles. The summed E-state index contributed by atoms with van der Waals surface area (Å²) in [5.74, 6) is -4.12. The molecule has 7 N–H and O–H groups in total. The Kier molecular flexibility index (Phi) is 9.99. The zero-order valence-electron chi connectivity index (χ0n) is 27.0. The summed E-state index contributed by atoms with van der Waals surface area (Å²) in [6.45, 7) is 3.19.